The Balaban J connectivity index is 1.25. The molecule has 9 nitrogen and oxygen atoms in total. The van der Waals surface area contributed by atoms with Crippen molar-refractivity contribution in [1.29, 1.82) is 0 Å². The third kappa shape index (κ3) is 9.70. The SMILES string of the molecule is NC(=O)c1cccc(CN2C(=O)N(Cc3cccc(OC[P+](=O)OCc4ccccc4)c3)C(Cc3ccccc3)C(O)C2CCc2ccccc2)c1. The van der Waals surface area contributed by atoms with Crippen LogP contribution in [-0.2, 0) is 41.6 Å². The quantitative estimate of drug-likeness (QED) is 0.102. The predicted molar refractivity (Wildman–Crippen MR) is 201 cm³/mol. The lowest BCUT2D eigenvalue weighted by atomic mass is 9.88. The van der Waals surface area contributed by atoms with Gasteiger partial charge in [0.05, 0.1) is 18.2 Å². The van der Waals surface area contributed by atoms with Crippen molar-refractivity contribution in [3.63, 3.8) is 0 Å². The highest BCUT2D eigenvalue weighted by Gasteiger charge is 2.45. The second-order valence-corrected chi connectivity index (χ2v) is 14.1. The van der Waals surface area contributed by atoms with Crippen LogP contribution in [0, 0.1) is 0 Å². The van der Waals surface area contributed by atoms with E-state index < -0.39 is 32.1 Å². The first-order chi connectivity index (χ1) is 25.3. The van der Waals surface area contributed by atoms with Crippen molar-refractivity contribution in [3.8, 4) is 5.75 Å². The molecule has 4 unspecified atom stereocenters. The monoisotopic (exact) mass is 716 g/mol. The van der Waals surface area contributed by atoms with Gasteiger partial charge in [-0.2, -0.15) is 0 Å². The minimum Gasteiger partial charge on any atom is -0.446 e. The number of aryl methyl sites for hydroxylation is 1. The summed E-state index contributed by atoms with van der Waals surface area (Å²) < 4.78 is 24.0. The average molecular weight is 717 g/mol. The fourth-order valence-electron chi connectivity index (χ4n) is 6.65. The zero-order valence-electron chi connectivity index (χ0n) is 28.9. The molecule has 3 amide bonds. The van der Waals surface area contributed by atoms with Crippen molar-refractivity contribution in [2.75, 3.05) is 6.35 Å². The molecule has 1 saturated heterocycles. The number of urea groups is 1. The molecule has 5 aromatic rings. The van der Waals surface area contributed by atoms with Crippen LogP contribution in [0.1, 0.15) is 44.6 Å². The molecule has 1 aliphatic heterocycles. The summed E-state index contributed by atoms with van der Waals surface area (Å²) in [6, 6.07) is 42.4. The summed E-state index contributed by atoms with van der Waals surface area (Å²) in [6.45, 7) is 0.603. The maximum absolute atomic E-state index is 14.8. The number of hydrogen-bond acceptors (Lipinski definition) is 6. The second kappa shape index (κ2) is 17.7. The first-order valence-electron chi connectivity index (χ1n) is 17.4. The van der Waals surface area contributed by atoms with Gasteiger partial charge in [0.15, 0.2) is 0 Å². The van der Waals surface area contributed by atoms with Crippen molar-refractivity contribution in [1.82, 2.24) is 9.80 Å². The van der Waals surface area contributed by atoms with Crippen LogP contribution in [-0.4, -0.2) is 51.4 Å². The number of ether oxygens (including phenoxy) is 1. The summed E-state index contributed by atoms with van der Waals surface area (Å²) in [4.78, 5) is 30.3. The molecule has 1 fully saturated rings. The standard InChI is InChI=1S/C42H42N3O6P/c43-41(47)36-20-10-18-34(24-36)27-44-38(23-22-31-12-4-1-5-13-31)40(46)39(26-32-14-6-2-7-15-32)45(42(44)48)28-35-19-11-21-37(25-35)50-30-52(49)51-29-33-16-8-3-9-17-33/h1-21,24-25,38-40,46H,22-23,26-30H2,(H-,43,47)/p+1. The fraction of sp³-hybridized carbons (Fsp3) is 0.238. The number of carbonyl (C=O) groups is 2. The molecule has 52 heavy (non-hydrogen) atoms. The average Bonchev–Trinajstić information content (AvgIpc) is 3.18. The summed E-state index contributed by atoms with van der Waals surface area (Å²) in [5.74, 6) is -0.0546. The Morgan fingerprint density at radius 1 is 0.692 bits per heavy atom. The van der Waals surface area contributed by atoms with E-state index >= 15 is 0 Å². The molecule has 1 aliphatic rings. The van der Waals surface area contributed by atoms with Gasteiger partial charge in [-0.1, -0.05) is 115 Å². The van der Waals surface area contributed by atoms with E-state index in [1.54, 1.807) is 34.1 Å². The Morgan fingerprint density at radius 3 is 1.90 bits per heavy atom. The highest BCUT2D eigenvalue weighted by molar-refractivity contribution is 7.38. The summed E-state index contributed by atoms with van der Waals surface area (Å²) in [6.07, 6.45) is 0.647. The summed E-state index contributed by atoms with van der Waals surface area (Å²) in [5.41, 5.74) is 10.5. The van der Waals surface area contributed by atoms with E-state index in [0.717, 1.165) is 27.8 Å². The van der Waals surface area contributed by atoms with Crippen LogP contribution in [0.25, 0.3) is 0 Å². The molecule has 1 heterocycles. The molecular formula is C42H43N3O6P+. The Morgan fingerprint density at radius 2 is 1.25 bits per heavy atom. The number of nitrogens with two attached hydrogens (primary N) is 1. The minimum atomic E-state index is -2.07. The smallest absolute Gasteiger partial charge is 0.446 e. The van der Waals surface area contributed by atoms with E-state index in [1.807, 2.05) is 115 Å². The molecule has 0 radical (unpaired) electrons. The molecule has 6 rings (SSSR count). The molecule has 4 atom stereocenters. The van der Waals surface area contributed by atoms with Gasteiger partial charge in [-0.05, 0) is 75.9 Å². The number of nitrogens with zero attached hydrogens (tertiary/aromatic N) is 2. The molecule has 10 heteroatoms. The third-order valence-corrected chi connectivity index (χ3v) is 10.1. The van der Waals surface area contributed by atoms with Crippen molar-refractivity contribution in [3.05, 3.63) is 173 Å². The highest BCUT2D eigenvalue weighted by atomic mass is 31.1. The Bertz CT molecular complexity index is 1950. The summed E-state index contributed by atoms with van der Waals surface area (Å²) in [5, 5.41) is 12.3. The number of primary amides is 1. The largest absolute Gasteiger partial charge is 0.550 e. The maximum Gasteiger partial charge on any atom is 0.550 e. The third-order valence-electron chi connectivity index (χ3n) is 9.31. The lowest BCUT2D eigenvalue weighted by Gasteiger charge is -2.49. The van der Waals surface area contributed by atoms with E-state index in [1.165, 1.54) is 0 Å². The van der Waals surface area contributed by atoms with E-state index in [4.69, 9.17) is 15.0 Å². The molecule has 0 spiro atoms. The zero-order chi connectivity index (χ0) is 36.3. The molecule has 3 N–H and O–H groups in total. The topological polar surface area (TPSA) is 122 Å². The number of carbonyl (C=O) groups excluding carboxylic acids is 2. The van der Waals surface area contributed by atoms with Gasteiger partial charge in [0.2, 0.25) is 5.91 Å². The Labute approximate surface area is 305 Å². The normalized spacial score (nSPS) is 17.5. The predicted octanol–water partition coefficient (Wildman–Crippen LogP) is 7.49. The van der Waals surface area contributed by atoms with E-state index in [0.29, 0.717) is 30.6 Å². The summed E-state index contributed by atoms with van der Waals surface area (Å²) >= 11 is 0. The molecule has 0 saturated carbocycles. The first kappa shape index (κ1) is 36.5. The van der Waals surface area contributed by atoms with E-state index in [-0.39, 0.29) is 32.1 Å². The molecule has 0 bridgehead atoms. The minimum absolute atomic E-state index is 0.120. The Kier molecular flexibility index (Phi) is 12.4. The van der Waals surface area contributed by atoms with E-state index in [9.17, 15) is 19.3 Å². The van der Waals surface area contributed by atoms with Crippen LogP contribution in [0.2, 0.25) is 0 Å². The number of aliphatic hydroxyl groups excluding tert-OH is 1. The van der Waals surface area contributed by atoms with Crippen LogP contribution >= 0.6 is 8.03 Å². The highest BCUT2D eigenvalue weighted by Crippen LogP contribution is 2.32. The number of benzene rings is 5. The van der Waals surface area contributed by atoms with Gasteiger partial charge in [0, 0.05) is 18.7 Å². The number of aliphatic hydroxyl groups is 1. The van der Waals surface area contributed by atoms with Crippen LogP contribution in [0.4, 0.5) is 4.79 Å². The van der Waals surface area contributed by atoms with Crippen molar-refractivity contribution in [2.45, 2.75) is 57.1 Å². The van der Waals surface area contributed by atoms with Crippen LogP contribution in [0.15, 0.2) is 140 Å². The van der Waals surface area contributed by atoms with Gasteiger partial charge in [0.25, 0.3) is 0 Å². The molecule has 0 aliphatic carbocycles. The Hall–Kier alpha value is -5.34. The van der Waals surface area contributed by atoms with Gasteiger partial charge in [0.1, 0.15) is 12.4 Å². The van der Waals surface area contributed by atoms with Crippen molar-refractivity contribution in [2.24, 2.45) is 5.73 Å². The van der Waals surface area contributed by atoms with Crippen LogP contribution in [0.5, 0.6) is 5.75 Å². The fourth-order valence-corrected chi connectivity index (χ4v) is 7.27. The van der Waals surface area contributed by atoms with Crippen molar-refractivity contribution < 1.29 is 28.5 Å². The van der Waals surface area contributed by atoms with Gasteiger partial charge >= 0.3 is 20.4 Å². The molecule has 5 aromatic carbocycles. The van der Waals surface area contributed by atoms with Gasteiger partial charge in [-0.25, -0.2) is 4.79 Å². The zero-order valence-corrected chi connectivity index (χ0v) is 29.8. The molecule has 266 valence electrons. The van der Waals surface area contributed by atoms with E-state index in [2.05, 4.69) is 0 Å². The molecular weight excluding hydrogens is 673 g/mol. The summed E-state index contributed by atoms with van der Waals surface area (Å²) in [7, 11) is -2.07. The first-order valence-corrected chi connectivity index (χ1v) is 18.8. The number of hydrogen-bond donors (Lipinski definition) is 2. The van der Waals surface area contributed by atoms with Gasteiger partial charge in [-0.3, -0.25) is 4.79 Å². The van der Waals surface area contributed by atoms with Crippen LogP contribution < -0.4 is 10.5 Å². The number of rotatable bonds is 16. The van der Waals surface area contributed by atoms with Crippen molar-refractivity contribution >= 4 is 20.0 Å². The number of amides is 3. The maximum atomic E-state index is 14.8. The second-order valence-electron chi connectivity index (χ2n) is 13.0. The van der Waals surface area contributed by atoms with Gasteiger partial charge in [-0.15, -0.1) is 4.52 Å². The molecule has 0 aromatic heterocycles. The lowest BCUT2D eigenvalue weighted by molar-refractivity contribution is -0.0453. The van der Waals surface area contributed by atoms with Crippen LogP contribution in [0.3, 0.4) is 0 Å². The van der Waals surface area contributed by atoms with Gasteiger partial charge < -0.3 is 25.4 Å². The lowest BCUT2D eigenvalue weighted by Crippen LogP contribution is -2.66.